The van der Waals surface area contributed by atoms with Crippen molar-refractivity contribution >= 4 is 0 Å². The maximum Gasteiger partial charge on any atom is 0.357 e. The van der Waals surface area contributed by atoms with Crippen molar-refractivity contribution in [3.8, 4) is 0 Å². The molecule has 4 nitrogen and oxygen atoms in total. The number of halogens is 1. The molecule has 0 bridgehead atoms. The van der Waals surface area contributed by atoms with Gasteiger partial charge in [0.2, 0.25) is 0 Å². The SMILES string of the molecule is Cc1[nH]c(=O)n(F)c(=O)c1C. The minimum Gasteiger partial charge on any atom is -0.309 e. The number of aromatic amines is 1. The Bertz CT molecular complexity index is 391. The van der Waals surface area contributed by atoms with Gasteiger partial charge in [-0.25, -0.2) is 4.79 Å². The average Bonchev–Trinajstić information content (AvgIpc) is 1.97. The summed E-state index contributed by atoms with van der Waals surface area (Å²) in [5.74, 6) is 0. The van der Waals surface area contributed by atoms with Crippen LogP contribution in [0.5, 0.6) is 0 Å². The zero-order valence-corrected chi connectivity index (χ0v) is 6.14. The van der Waals surface area contributed by atoms with E-state index in [4.69, 9.17) is 0 Å². The van der Waals surface area contributed by atoms with E-state index in [0.717, 1.165) is 0 Å². The highest BCUT2D eigenvalue weighted by molar-refractivity contribution is 5.11. The molecular formula is C6H7FN2O2. The third kappa shape index (κ3) is 1.09. The Labute approximate surface area is 61.2 Å². The lowest BCUT2D eigenvalue weighted by Gasteiger charge is -1.97. The van der Waals surface area contributed by atoms with Crippen molar-refractivity contribution < 1.29 is 4.48 Å². The van der Waals surface area contributed by atoms with Gasteiger partial charge < -0.3 is 4.98 Å². The third-order valence-corrected chi connectivity index (χ3v) is 1.53. The summed E-state index contributed by atoms with van der Waals surface area (Å²) in [5, 5.41) is 0. The van der Waals surface area contributed by atoms with Gasteiger partial charge in [0.05, 0.1) is 0 Å². The molecule has 60 valence electrons. The summed E-state index contributed by atoms with van der Waals surface area (Å²) in [7, 11) is 0. The van der Waals surface area contributed by atoms with Gasteiger partial charge in [0, 0.05) is 11.3 Å². The lowest BCUT2D eigenvalue weighted by atomic mass is 10.3. The van der Waals surface area contributed by atoms with Crippen LogP contribution in [0.4, 0.5) is 4.48 Å². The van der Waals surface area contributed by atoms with Crippen molar-refractivity contribution in [2.45, 2.75) is 13.8 Å². The van der Waals surface area contributed by atoms with E-state index in [1.165, 1.54) is 13.8 Å². The number of nitrogens with zero attached hydrogens (tertiary/aromatic N) is 1. The van der Waals surface area contributed by atoms with E-state index in [9.17, 15) is 14.1 Å². The van der Waals surface area contributed by atoms with Crippen molar-refractivity contribution in [2.24, 2.45) is 0 Å². The van der Waals surface area contributed by atoms with Crippen LogP contribution in [0, 0.1) is 13.8 Å². The fourth-order valence-electron chi connectivity index (χ4n) is 0.703. The van der Waals surface area contributed by atoms with Crippen molar-refractivity contribution in [3.63, 3.8) is 0 Å². The second-order valence-electron chi connectivity index (χ2n) is 2.27. The number of nitrogens with one attached hydrogen (secondary N) is 1. The van der Waals surface area contributed by atoms with Gasteiger partial charge in [0.25, 0.3) is 5.56 Å². The molecule has 0 aliphatic heterocycles. The van der Waals surface area contributed by atoms with Crippen LogP contribution < -0.4 is 11.2 Å². The van der Waals surface area contributed by atoms with E-state index in [2.05, 4.69) is 4.98 Å². The normalized spacial score (nSPS) is 10.1. The molecule has 0 spiro atoms. The van der Waals surface area contributed by atoms with Crippen molar-refractivity contribution in [2.75, 3.05) is 0 Å². The molecule has 1 aromatic rings. The number of aryl methyl sites for hydroxylation is 1. The van der Waals surface area contributed by atoms with Gasteiger partial charge in [-0.1, -0.05) is 9.27 Å². The molecule has 0 radical (unpaired) electrons. The first-order valence-corrected chi connectivity index (χ1v) is 3.02. The van der Waals surface area contributed by atoms with Crippen LogP contribution in [-0.2, 0) is 0 Å². The van der Waals surface area contributed by atoms with E-state index in [0.29, 0.717) is 5.69 Å². The van der Waals surface area contributed by atoms with Gasteiger partial charge >= 0.3 is 5.69 Å². The monoisotopic (exact) mass is 158 g/mol. The minimum atomic E-state index is -1.03. The zero-order chi connectivity index (χ0) is 8.59. The molecule has 1 aromatic heterocycles. The maximum atomic E-state index is 12.4. The van der Waals surface area contributed by atoms with E-state index in [-0.39, 0.29) is 5.56 Å². The summed E-state index contributed by atoms with van der Waals surface area (Å²) < 4.78 is 12.4. The molecule has 0 atom stereocenters. The molecule has 0 amide bonds. The molecule has 0 fully saturated rings. The summed E-state index contributed by atoms with van der Waals surface area (Å²) in [6, 6.07) is 0. The van der Waals surface area contributed by atoms with Gasteiger partial charge in [-0.05, 0) is 13.8 Å². The van der Waals surface area contributed by atoms with Gasteiger partial charge in [-0.2, -0.15) is 0 Å². The number of hydrogen-bond acceptors (Lipinski definition) is 2. The first-order chi connectivity index (χ1) is 5.04. The van der Waals surface area contributed by atoms with Gasteiger partial charge in [-0.15, -0.1) is 0 Å². The Morgan fingerprint density at radius 1 is 1.36 bits per heavy atom. The largest absolute Gasteiger partial charge is 0.357 e. The van der Waals surface area contributed by atoms with Crippen molar-refractivity contribution in [1.29, 1.82) is 0 Å². The Morgan fingerprint density at radius 3 is 2.45 bits per heavy atom. The molecule has 5 heteroatoms. The van der Waals surface area contributed by atoms with Gasteiger partial charge in [0.15, 0.2) is 0 Å². The Kier molecular flexibility index (Phi) is 1.64. The average molecular weight is 158 g/mol. The molecule has 1 rings (SSSR count). The van der Waals surface area contributed by atoms with Crippen LogP contribution in [0.2, 0.25) is 0 Å². The lowest BCUT2D eigenvalue weighted by molar-refractivity contribution is 0.328. The fraction of sp³-hybridized carbons (Fsp3) is 0.333. The van der Waals surface area contributed by atoms with Crippen LogP contribution in [0.25, 0.3) is 0 Å². The maximum absolute atomic E-state index is 12.4. The Hall–Kier alpha value is -1.39. The van der Waals surface area contributed by atoms with E-state index in [1.807, 2.05) is 0 Å². The topological polar surface area (TPSA) is 54.9 Å². The summed E-state index contributed by atoms with van der Waals surface area (Å²) in [5.41, 5.74) is -1.31. The molecule has 0 saturated heterocycles. The quantitative estimate of drug-likeness (QED) is 0.572. The first kappa shape index (κ1) is 7.71. The van der Waals surface area contributed by atoms with Crippen molar-refractivity contribution in [1.82, 2.24) is 9.77 Å². The smallest absolute Gasteiger partial charge is 0.309 e. The number of rotatable bonds is 0. The lowest BCUT2D eigenvalue weighted by Crippen LogP contribution is -2.32. The molecule has 0 aliphatic carbocycles. The van der Waals surface area contributed by atoms with Gasteiger partial charge in [0.1, 0.15) is 0 Å². The zero-order valence-electron chi connectivity index (χ0n) is 6.14. The van der Waals surface area contributed by atoms with Crippen LogP contribution in [0.3, 0.4) is 0 Å². The molecular weight excluding hydrogens is 151 g/mol. The number of hydrogen-bond donors (Lipinski definition) is 1. The summed E-state index contributed by atoms with van der Waals surface area (Å²) in [6.45, 7) is 2.99. The number of aromatic nitrogens is 2. The minimum absolute atomic E-state index is 0.215. The molecule has 0 unspecified atom stereocenters. The standard InChI is InChI=1S/C6H7FN2O2/c1-3-4(2)8-6(11)9(7)5(3)10/h1-2H3,(H,8,11). The fourth-order valence-corrected chi connectivity index (χ4v) is 0.703. The predicted molar refractivity (Wildman–Crippen MR) is 37.3 cm³/mol. The highest BCUT2D eigenvalue weighted by Crippen LogP contribution is 1.90. The highest BCUT2D eigenvalue weighted by atomic mass is 19.2. The Morgan fingerprint density at radius 2 is 1.91 bits per heavy atom. The first-order valence-electron chi connectivity index (χ1n) is 3.02. The van der Waals surface area contributed by atoms with Crippen LogP contribution in [0.1, 0.15) is 11.3 Å². The summed E-state index contributed by atoms with van der Waals surface area (Å²) in [4.78, 5) is 23.1. The molecule has 1 N–H and O–H groups in total. The summed E-state index contributed by atoms with van der Waals surface area (Å²) in [6.07, 6.45) is 0. The van der Waals surface area contributed by atoms with E-state index >= 15 is 0 Å². The van der Waals surface area contributed by atoms with E-state index in [1.54, 1.807) is 0 Å². The van der Waals surface area contributed by atoms with Crippen LogP contribution >= 0.6 is 0 Å². The number of H-pyrrole nitrogens is 1. The molecule has 0 aromatic carbocycles. The molecule has 0 saturated carbocycles. The highest BCUT2D eigenvalue weighted by Gasteiger charge is 2.05. The van der Waals surface area contributed by atoms with Gasteiger partial charge in [-0.3, -0.25) is 4.79 Å². The predicted octanol–water partition coefficient (Wildman–Crippen LogP) is -0.114. The summed E-state index contributed by atoms with van der Waals surface area (Å²) >= 11 is 0. The van der Waals surface area contributed by atoms with E-state index < -0.39 is 16.0 Å². The molecule has 0 aliphatic rings. The Balaban J connectivity index is 3.74. The van der Waals surface area contributed by atoms with Crippen LogP contribution in [-0.4, -0.2) is 9.77 Å². The second kappa shape index (κ2) is 2.34. The van der Waals surface area contributed by atoms with Crippen molar-refractivity contribution in [3.05, 3.63) is 32.1 Å². The second-order valence-corrected chi connectivity index (χ2v) is 2.27. The molecule has 11 heavy (non-hydrogen) atoms. The third-order valence-electron chi connectivity index (χ3n) is 1.53. The molecule has 1 heterocycles. The van der Waals surface area contributed by atoms with Crippen LogP contribution in [0.15, 0.2) is 9.59 Å².